The molecule has 0 radical (unpaired) electrons. The van der Waals surface area contributed by atoms with E-state index >= 15 is 0 Å². The lowest BCUT2D eigenvalue weighted by Crippen LogP contribution is -2.09. The Bertz CT molecular complexity index is 889. The third-order valence-corrected chi connectivity index (χ3v) is 2.95. The SMILES string of the molecule is N#CC(C#N)=C(C#N)Nc1cc(C(F)(F)F)ccc1-n1ccnc1. The molecule has 0 fully saturated rings. The Labute approximate surface area is 134 Å². The second kappa shape index (κ2) is 6.55. The van der Waals surface area contributed by atoms with Gasteiger partial charge in [0.15, 0.2) is 5.57 Å². The molecule has 0 unspecified atom stereocenters. The third-order valence-electron chi connectivity index (χ3n) is 2.95. The average Bonchev–Trinajstić information content (AvgIpc) is 3.08. The highest BCUT2D eigenvalue weighted by Crippen LogP contribution is 2.34. The van der Waals surface area contributed by atoms with Crippen LogP contribution in [-0.4, -0.2) is 9.55 Å². The van der Waals surface area contributed by atoms with Crippen LogP contribution in [0.4, 0.5) is 18.9 Å². The van der Waals surface area contributed by atoms with Gasteiger partial charge in [0.1, 0.15) is 23.9 Å². The molecule has 0 spiro atoms. The van der Waals surface area contributed by atoms with Crippen LogP contribution in [0.1, 0.15) is 5.56 Å². The summed E-state index contributed by atoms with van der Waals surface area (Å²) >= 11 is 0. The van der Waals surface area contributed by atoms with Gasteiger partial charge < -0.3 is 9.88 Å². The molecule has 2 rings (SSSR count). The Morgan fingerprint density at radius 3 is 2.33 bits per heavy atom. The zero-order valence-corrected chi connectivity index (χ0v) is 11.8. The van der Waals surface area contributed by atoms with Gasteiger partial charge in [0, 0.05) is 12.4 Å². The summed E-state index contributed by atoms with van der Waals surface area (Å²) in [4.78, 5) is 3.81. The Morgan fingerprint density at radius 2 is 1.83 bits per heavy atom. The molecular weight excluding hydrogens is 321 g/mol. The monoisotopic (exact) mass is 328 g/mol. The number of aromatic nitrogens is 2. The highest BCUT2D eigenvalue weighted by molar-refractivity contribution is 5.68. The van der Waals surface area contributed by atoms with Gasteiger partial charge in [-0.05, 0) is 18.2 Å². The van der Waals surface area contributed by atoms with Crippen LogP contribution in [0.25, 0.3) is 5.69 Å². The van der Waals surface area contributed by atoms with E-state index in [2.05, 4.69) is 10.3 Å². The summed E-state index contributed by atoms with van der Waals surface area (Å²) in [6.45, 7) is 0. The second-order valence-corrected chi connectivity index (χ2v) is 4.41. The zero-order chi connectivity index (χ0) is 17.7. The number of benzene rings is 1. The fourth-order valence-electron chi connectivity index (χ4n) is 1.86. The van der Waals surface area contributed by atoms with Gasteiger partial charge in [0.2, 0.25) is 0 Å². The molecule has 0 amide bonds. The maximum absolute atomic E-state index is 12.9. The Morgan fingerprint density at radius 1 is 1.12 bits per heavy atom. The first-order valence-electron chi connectivity index (χ1n) is 6.32. The van der Waals surface area contributed by atoms with Crippen molar-refractivity contribution in [3.8, 4) is 23.9 Å². The molecule has 9 heteroatoms. The molecule has 6 nitrogen and oxygen atoms in total. The summed E-state index contributed by atoms with van der Waals surface area (Å²) in [6, 6.07) is 7.50. The first kappa shape index (κ1) is 16.6. The van der Waals surface area contributed by atoms with Crippen LogP contribution >= 0.6 is 0 Å². The van der Waals surface area contributed by atoms with Crippen molar-refractivity contribution in [3.05, 3.63) is 53.8 Å². The van der Waals surface area contributed by atoms with E-state index in [1.54, 1.807) is 6.07 Å². The molecule has 24 heavy (non-hydrogen) atoms. The number of nitriles is 3. The number of imidazole rings is 1. The van der Waals surface area contributed by atoms with Crippen molar-refractivity contribution >= 4 is 5.69 Å². The number of rotatable bonds is 3. The van der Waals surface area contributed by atoms with Crippen molar-refractivity contribution in [1.29, 1.82) is 15.8 Å². The first-order chi connectivity index (χ1) is 11.4. The number of hydrogen-bond donors (Lipinski definition) is 1. The van der Waals surface area contributed by atoms with Crippen molar-refractivity contribution in [2.45, 2.75) is 6.18 Å². The number of nitrogens with zero attached hydrogens (tertiary/aromatic N) is 5. The largest absolute Gasteiger partial charge is 0.416 e. The van der Waals surface area contributed by atoms with E-state index in [9.17, 15) is 13.2 Å². The highest BCUT2D eigenvalue weighted by Gasteiger charge is 2.31. The molecule has 0 aliphatic carbocycles. The molecule has 0 atom stereocenters. The zero-order valence-electron chi connectivity index (χ0n) is 11.8. The number of halogens is 3. The number of hydrogen-bond acceptors (Lipinski definition) is 5. The maximum Gasteiger partial charge on any atom is 0.416 e. The van der Waals surface area contributed by atoms with Crippen LogP contribution in [0.15, 0.2) is 48.2 Å². The lowest BCUT2D eigenvalue weighted by atomic mass is 10.1. The normalized spacial score (nSPS) is 10.2. The molecule has 1 heterocycles. The van der Waals surface area contributed by atoms with Crippen LogP contribution in [-0.2, 0) is 6.18 Å². The smallest absolute Gasteiger partial charge is 0.343 e. The fraction of sp³-hybridized carbons (Fsp3) is 0.0667. The molecule has 1 aromatic heterocycles. The molecule has 0 aliphatic rings. The van der Waals surface area contributed by atoms with E-state index in [1.807, 2.05) is 0 Å². The van der Waals surface area contributed by atoms with Crippen LogP contribution in [0.3, 0.4) is 0 Å². The van der Waals surface area contributed by atoms with Crippen LogP contribution in [0, 0.1) is 34.0 Å². The van der Waals surface area contributed by atoms with Gasteiger partial charge in [0.25, 0.3) is 0 Å². The fourth-order valence-corrected chi connectivity index (χ4v) is 1.86. The highest BCUT2D eigenvalue weighted by atomic mass is 19.4. The maximum atomic E-state index is 12.9. The van der Waals surface area contributed by atoms with E-state index < -0.39 is 23.0 Å². The van der Waals surface area contributed by atoms with Crippen molar-refractivity contribution in [1.82, 2.24) is 9.55 Å². The topological polar surface area (TPSA) is 101 Å². The van der Waals surface area contributed by atoms with Gasteiger partial charge in [-0.2, -0.15) is 29.0 Å². The molecule has 0 saturated heterocycles. The minimum atomic E-state index is -4.59. The van der Waals surface area contributed by atoms with Gasteiger partial charge >= 0.3 is 6.18 Å². The van der Waals surface area contributed by atoms with Gasteiger partial charge in [-0.3, -0.25) is 0 Å². The molecular formula is C15H7F3N6. The summed E-state index contributed by atoms with van der Waals surface area (Å²) in [5.74, 6) is 0. The summed E-state index contributed by atoms with van der Waals surface area (Å²) in [6.07, 6.45) is -0.301. The quantitative estimate of drug-likeness (QED) is 0.872. The average molecular weight is 328 g/mol. The van der Waals surface area contributed by atoms with E-state index in [4.69, 9.17) is 15.8 Å². The Kier molecular flexibility index (Phi) is 4.53. The van der Waals surface area contributed by atoms with Gasteiger partial charge in [-0.25, -0.2) is 4.98 Å². The van der Waals surface area contributed by atoms with Crippen molar-refractivity contribution < 1.29 is 13.2 Å². The number of allylic oxidation sites excluding steroid dienone is 2. The lowest BCUT2D eigenvalue weighted by molar-refractivity contribution is -0.137. The van der Waals surface area contributed by atoms with E-state index in [-0.39, 0.29) is 11.4 Å². The standard InChI is InChI=1S/C15H7F3N6/c16-15(17,18)11-1-2-14(24-4-3-22-9-24)12(5-11)23-13(8-21)10(6-19)7-20/h1-5,9,23H. The van der Waals surface area contributed by atoms with Gasteiger partial charge in [-0.1, -0.05) is 0 Å². The molecule has 1 N–H and O–H groups in total. The van der Waals surface area contributed by atoms with Gasteiger partial charge in [0.05, 0.1) is 23.3 Å². The summed E-state index contributed by atoms with van der Waals surface area (Å²) < 4.78 is 40.2. The van der Waals surface area contributed by atoms with E-state index in [0.29, 0.717) is 0 Å². The predicted molar refractivity (Wildman–Crippen MR) is 76.1 cm³/mol. The summed E-state index contributed by atoms with van der Waals surface area (Å²) in [5.41, 5.74) is -1.75. The van der Waals surface area contributed by atoms with Crippen molar-refractivity contribution in [3.63, 3.8) is 0 Å². The minimum absolute atomic E-state index is 0.0950. The molecule has 0 saturated carbocycles. The number of anilines is 1. The summed E-state index contributed by atoms with van der Waals surface area (Å²) in [7, 11) is 0. The third kappa shape index (κ3) is 3.34. The molecule has 2 aromatic rings. The van der Waals surface area contributed by atoms with Crippen LogP contribution < -0.4 is 5.32 Å². The lowest BCUT2D eigenvalue weighted by Gasteiger charge is -2.15. The second-order valence-electron chi connectivity index (χ2n) is 4.41. The van der Waals surface area contributed by atoms with Crippen molar-refractivity contribution in [2.24, 2.45) is 0 Å². The molecule has 0 aliphatic heterocycles. The minimum Gasteiger partial charge on any atom is -0.343 e. The van der Waals surface area contributed by atoms with E-state index in [0.717, 1.165) is 12.1 Å². The van der Waals surface area contributed by atoms with Crippen LogP contribution in [0.2, 0.25) is 0 Å². The first-order valence-corrected chi connectivity index (χ1v) is 6.32. The Balaban J connectivity index is 2.62. The van der Waals surface area contributed by atoms with Gasteiger partial charge in [-0.15, -0.1) is 0 Å². The van der Waals surface area contributed by atoms with Crippen molar-refractivity contribution in [2.75, 3.05) is 5.32 Å². The van der Waals surface area contributed by atoms with Crippen LogP contribution in [0.5, 0.6) is 0 Å². The number of nitrogens with one attached hydrogen (secondary N) is 1. The molecule has 118 valence electrons. The molecule has 1 aromatic carbocycles. The number of alkyl halides is 3. The predicted octanol–water partition coefficient (Wildman–Crippen LogP) is 3.13. The van der Waals surface area contributed by atoms with E-state index in [1.165, 1.54) is 41.5 Å². The molecule has 0 bridgehead atoms. The Hall–Kier alpha value is -3.77. The summed E-state index contributed by atoms with van der Waals surface area (Å²) in [5, 5.41) is 29.1.